The van der Waals surface area contributed by atoms with E-state index in [-0.39, 0.29) is 23.7 Å². The van der Waals surface area contributed by atoms with Crippen LogP contribution in [-0.2, 0) is 9.16 Å². The monoisotopic (exact) mass is 319 g/mol. The van der Waals surface area contributed by atoms with E-state index < -0.39 is 26.1 Å². The summed E-state index contributed by atoms with van der Waals surface area (Å²) in [6.45, 7) is 14.9. The fourth-order valence-corrected chi connectivity index (χ4v) is 3.45. The molecule has 0 aromatic heterocycles. The van der Waals surface area contributed by atoms with Gasteiger partial charge in [0.2, 0.25) is 0 Å². The van der Waals surface area contributed by atoms with Crippen LogP contribution in [0.3, 0.4) is 0 Å². The molecule has 0 unspecified atom stereocenters. The maximum Gasteiger partial charge on any atom is 0.192 e. The lowest BCUT2D eigenvalue weighted by Crippen LogP contribution is -2.64. The third kappa shape index (κ3) is 4.06. The second kappa shape index (κ2) is 6.26. The van der Waals surface area contributed by atoms with E-state index >= 15 is 0 Å². The van der Waals surface area contributed by atoms with Gasteiger partial charge in [0, 0.05) is 5.92 Å². The second-order valence-corrected chi connectivity index (χ2v) is 13.0. The first-order valence-electron chi connectivity index (χ1n) is 7.70. The van der Waals surface area contributed by atoms with Gasteiger partial charge in [0.05, 0.1) is 37.1 Å². The molecular weight excluding hydrogens is 286 g/mol. The van der Waals surface area contributed by atoms with Crippen molar-refractivity contribution < 1.29 is 19.4 Å². The summed E-state index contributed by atoms with van der Waals surface area (Å²) in [5.74, 6) is -0.378. The Kier molecular flexibility index (Phi) is 5.68. The lowest BCUT2D eigenvalue weighted by Gasteiger charge is -2.49. The number of hydrogen-bond acceptors (Lipinski definition) is 5. The average Bonchev–Trinajstić information content (AvgIpc) is 2.31. The van der Waals surface area contributed by atoms with Crippen molar-refractivity contribution in [1.29, 1.82) is 0 Å². The van der Waals surface area contributed by atoms with Gasteiger partial charge in [-0.05, 0) is 32.0 Å². The number of aliphatic hydroxyl groups is 2. The summed E-state index contributed by atoms with van der Waals surface area (Å²) in [6, 6.07) is -0.542. The van der Waals surface area contributed by atoms with E-state index in [0.29, 0.717) is 6.61 Å². The van der Waals surface area contributed by atoms with Crippen LogP contribution in [-0.4, -0.2) is 55.6 Å². The van der Waals surface area contributed by atoms with Crippen molar-refractivity contribution in [2.45, 2.75) is 76.6 Å². The van der Waals surface area contributed by atoms with Crippen molar-refractivity contribution in [1.82, 2.24) is 0 Å². The maximum atomic E-state index is 10.3. The van der Waals surface area contributed by atoms with Crippen LogP contribution in [0.25, 0.3) is 0 Å². The minimum Gasteiger partial charge on any atom is -0.414 e. The lowest BCUT2D eigenvalue weighted by atomic mass is 9.79. The molecule has 0 aromatic rings. The molecule has 21 heavy (non-hydrogen) atoms. The van der Waals surface area contributed by atoms with Gasteiger partial charge in [0.1, 0.15) is 0 Å². The largest absolute Gasteiger partial charge is 0.414 e. The summed E-state index contributed by atoms with van der Waals surface area (Å²) < 4.78 is 12.2. The molecule has 4 atom stereocenters. The minimum atomic E-state index is -1.88. The number of hydrogen-bond donors (Lipinski definition) is 3. The van der Waals surface area contributed by atoms with E-state index in [4.69, 9.17) is 14.9 Å². The van der Waals surface area contributed by atoms with E-state index in [1.54, 1.807) is 0 Å². The fourth-order valence-electron chi connectivity index (χ4n) is 2.44. The van der Waals surface area contributed by atoms with Gasteiger partial charge in [-0.1, -0.05) is 20.8 Å². The molecule has 0 aliphatic carbocycles. The molecule has 0 bridgehead atoms. The Morgan fingerprint density at radius 1 is 1.29 bits per heavy atom. The molecule has 1 aliphatic heterocycles. The zero-order chi connectivity index (χ0) is 16.6. The van der Waals surface area contributed by atoms with Crippen molar-refractivity contribution in [3.63, 3.8) is 0 Å². The predicted octanol–water partition coefficient (Wildman–Crippen LogP) is 1.48. The van der Waals surface area contributed by atoms with Gasteiger partial charge in [-0.3, -0.25) is 0 Å². The highest BCUT2D eigenvalue weighted by atomic mass is 28.4. The summed E-state index contributed by atoms with van der Waals surface area (Å²) in [6.07, 6.45) is -1.14. The van der Waals surface area contributed by atoms with Crippen LogP contribution in [0.1, 0.15) is 34.6 Å². The van der Waals surface area contributed by atoms with E-state index in [0.717, 1.165) is 0 Å². The molecule has 0 radical (unpaired) electrons. The van der Waals surface area contributed by atoms with Gasteiger partial charge in [-0.15, -0.1) is 0 Å². The van der Waals surface area contributed by atoms with Crippen molar-refractivity contribution in [3.8, 4) is 0 Å². The smallest absolute Gasteiger partial charge is 0.192 e. The highest BCUT2D eigenvalue weighted by Gasteiger charge is 2.48. The quantitative estimate of drug-likeness (QED) is 0.684. The summed E-state index contributed by atoms with van der Waals surface area (Å²) in [5.41, 5.74) is 5.48. The first kappa shape index (κ1) is 19.1. The van der Waals surface area contributed by atoms with Crippen LogP contribution >= 0.6 is 0 Å². The van der Waals surface area contributed by atoms with E-state index in [2.05, 4.69) is 33.9 Å². The summed E-state index contributed by atoms with van der Waals surface area (Å²) in [7, 11) is -1.88. The molecule has 1 aliphatic rings. The zero-order valence-corrected chi connectivity index (χ0v) is 15.5. The third-order valence-corrected chi connectivity index (χ3v) is 9.70. The average molecular weight is 320 g/mol. The topological polar surface area (TPSA) is 84.9 Å². The predicted molar refractivity (Wildman–Crippen MR) is 86.7 cm³/mol. The molecule has 0 saturated carbocycles. The van der Waals surface area contributed by atoms with Gasteiger partial charge in [0.15, 0.2) is 8.32 Å². The van der Waals surface area contributed by atoms with Crippen LogP contribution < -0.4 is 5.73 Å². The Bertz CT molecular complexity index is 354. The van der Waals surface area contributed by atoms with Gasteiger partial charge < -0.3 is 25.1 Å². The molecule has 0 aromatic carbocycles. The molecule has 1 heterocycles. The first-order valence-corrected chi connectivity index (χ1v) is 10.6. The van der Waals surface area contributed by atoms with Crippen LogP contribution in [0.15, 0.2) is 0 Å². The number of rotatable bonds is 4. The Balaban J connectivity index is 2.77. The highest BCUT2D eigenvalue weighted by Crippen LogP contribution is 2.38. The van der Waals surface area contributed by atoms with Gasteiger partial charge in [0.25, 0.3) is 0 Å². The van der Waals surface area contributed by atoms with Crippen molar-refractivity contribution >= 4 is 8.32 Å². The standard InChI is InChI=1S/C15H33NO4Si/c1-14(2,3)21(6,7)19-9-11-12(16)13(18)10(8-17)15(4,5)20-11/h10-13,17-18H,8-9,16H2,1-7H3/t10-,11-,12-,13-/m1/s1. The second-order valence-electron chi connectivity index (χ2n) is 8.19. The molecule has 126 valence electrons. The van der Waals surface area contributed by atoms with E-state index in [1.165, 1.54) is 0 Å². The maximum absolute atomic E-state index is 10.3. The molecule has 1 fully saturated rings. The normalized spacial score (nSPS) is 34.0. The minimum absolute atomic E-state index is 0.119. The zero-order valence-electron chi connectivity index (χ0n) is 14.5. The SMILES string of the molecule is CC1(C)O[C@H](CO[Si](C)(C)C(C)(C)C)[C@@H](N)[C@H](O)[C@H]1CO. The molecule has 0 amide bonds. The summed E-state index contributed by atoms with van der Waals surface area (Å²) in [5, 5.41) is 19.9. The fraction of sp³-hybridized carbons (Fsp3) is 1.00. The summed E-state index contributed by atoms with van der Waals surface area (Å²) in [4.78, 5) is 0. The van der Waals surface area contributed by atoms with E-state index in [1.807, 2.05) is 13.8 Å². The molecule has 1 saturated heterocycles. The Morgan fingerprint density at radius 3 is 2.24 bits per heavy atom. The van der Waals surface area contributed by atoms with Crippen LogP contribution in [0.4, 0.5) is 0 Å². The Labute approximate surface area is 130 Å². The van der Waals surface area contributed by atoms with E-state index in [9.17, 15) is 10.2 Å². The highest BCUT2D eigenvalue weighted by molar-refractivity contribution is 6.74. The van der Waals surface area contributed by atoms with Gasteiger partial charge in [-0.25, -0.2) is 0 Å². The van der Waals surface area contributed by atoms with Gasteiger partial charge in [-0.2, -0.15) is 0 Å². The molecule has 0 spiro atoms. The summed E-state index contributed by atoms with van der Waals surface area (Å²) >= 11 is 0. The number of ether oxygens (including phenoxy) is 1. The number of nitrogens with two attached hydrogens (primary N) is 1. The van der Waals surface area contributed by atoms with Crippen molar-refractivity contribution in [2.24, 2.45) is 11.7 Å². The molecular formula is C15H33NO4Si. The molecule has 1 rings (SSSR count). The lowest BCUT2D eigenvalue weighted by molar-refractivity contribution is -0.208. The van der Waals surface area contributed by atoms with Crippen molar-refractivity contribution in [3.05, 3.63) is 0 Å². The molecule has 6 heteroatoms. The van der Waals surface area contributed by atoms with Crippen molar-refractivity contribution in [2.75, 3.05) is 13.2 Å². The van der Waals surface area contributed by atoms with Gasteiger partial charge >= 0.3 is 0 Å². The Hall–Kier alpha value is 0.0169. The third-order valence-electron chi connectivity index (χ3n) is 5.20. The van der Waals surface area contributed by atoms with Crippen LogP contribution in [0.5, 0.6) is 0 Å². The molecule has 5 nitrogen and oxygen atoms in total. The van der Waals surface area contributed by atoms with Crippen LogP contribution in [0, 0.1) is 5.92 Å². The van der Waals surface area contributed by atoms with Crippen LogP contribution in [0.2, 0.25) is 18.1 Å². The molecule has 4 N–H and O–H groups in total. The Morgan fingerprint density at radius 2 is 1.81 bits per heavy atom. The number of aliphatic hydroxyl groups excluding tert-OH is 2. The first-order chi connectivity index (χ1) is 9.33.